The maximum atomic E-state index is 12.2. The van der Waals surface area contributed by atoms with Crippen LogP contribution in [0.1, 0.15) is 49.8 Å². The van der Waals surface area contributed by atoms with Crippen LogP contribution in [0, 0.1) is 12.3 Å². The van der Waals surface area contributed by atoms with E-state index in [1.54, 1.807) is 6.20 Å². The number of aromatic nitrogens is 1. The van der Waals surface area contributed by atoms with Crippen LogP contribution in [0.25, 0.3) is 0 Å². The van der Waals surface area contributed by atoms with Gasteiger partial charge in [-0.3, -0.25) is 9.78 Å². The Morgan fingerprint density at radius 2 is 2.00 bits per heavy atom. The number of aryl methyl sites for hydroxylation is 1. The number of carbonyl (C=O) groups excluding carboxylic acids is 1. The van der Waals surface area contributed by atoms with E-state index in [1.807, 2.05) is 19.1 Å². The predicted octanol–water partition coefficient (Wildman–Crippen LogP) is 3.15. The lowest BCUT2D eigenvalue weighted by molar-refractivity contribution is -0.124. The Morgan fingerprint density at radius 3 is 2.59 bits per heavy atom. The van der Waals surface area contributed by atoms with Gasteiger partial charge >= 0.3 is 0 Å². The molecule has 1 saturated carbocycles. The highest BCUT2D eigenvalue weighted by atomic mass is 35.5. The van der Waals surface area contributed by atoms with Gasteiger partial charge < -0.3 is 11.1 Å². The van der Waals surface area contributed by atoms with Gasteiger partial charge in [-0.25, -0.2) is 0 Å². The summed E-state index contributed by atoms with van der Waals surface area (Å²) in [6.07, 6.45) is 8.15. The summed E-state index contributed by atoms with van der Waals surface area (Å²) in [6.45, 7) is 3.13. The van der Waals surface area contributed by atoms with Gasteiger partial charge in [-0.15, -0.1) is 24.8 Å². The Labute approximate surface area is 145 Å². The molecule has 0 aliphatic heterocycles. The normalized spacial score (nSPS) is 16.1. The van der Waals surface area contributed by atoms with Crippen LogP contribution < -0.4 is 11.1 Å². The number of hydrogen-bond acceptors (Lipinski definition) is 3. The molecule has 1 amide bonds. The lowest BCUT2D eigenvalue weighted by Gasteiger charge is -2.35. The fourth-order valence-electron chi connectivity index (χ4n) is 3.04. The van der Waals surface area contributed by atoms with Crippen LogP contribution in [0.4, 0.5) is 0 Å². The third-order valence-electron chi connectivity index (χ3n) is 4.45. The van der Waals surface area contributed by atoms with Gasteiger partial charge in [0.15, 0.2) is 0 Å². The van der Waals surface area contributed by atoms with Crippen molar-refractivity contribution in [1.82, 2.24) is 10.3 Å². The molecule has 126 valence electrons. The summed E-state index contributed by atoms with van der Waals surface area (Å²) in [4.78, 5) is 16.5. The van der Waals surface area contributed by atoms with Gasteiger partial charge in [-0.05, 0) is 43.4 Å². The molecule has 6 heteroatoms. The summed E-state index contributed by atoms with van der Waals surface area (Å²) < 4.78 is 0. The molecule has 1 aliphatic carbocycles. The third-order valence-corrected chi connectivity index (χ3v) is 4.45. The highest BCUT2D eigenvalue weighted by Crippen LogP contribution is 2.38. The topological polar surface area (TPSA) is 68.0 Å². The van der Waals surface area contributed by atoms with E-state index in [1.165, 1.54) is 19.3 Å². The summed E-state index contributed by atoms with van der Waals surface area (Å²) in [7, 11) is 0. The molecule has 3 N–H and O–H groups in total. The molecule has 0 atom stereocenters. The van der Waals surface area contributed by atoms with Crippen molar-refractivity contribution in [3.8, 4) is 0 Å². The molecule has 0 saturated heterocycles. The lowest BCUT2D eigenvalue weighted by atomic mass is 9.71. The van der Waals surface area contributed by atoms with Gasteiger partial charge in [-0.1, -0.05) is 25.3 Å². The predicted molar refractivity (Wildman–Crippen MR) is 94.5 cm³/mol. The van der Waals surface area contributed by atoms with Crippen molar-refractivity contribution in [2.45, 2.75) is 52.0 Å². The van der Waals surface area contributed by atoms with E-state index >= 15 is 0 Å². The smallest absolute Gasteiger partial charge is 0.220 e. The van der Waals surface area contributed by atoms with E-state index in [4.69, 9.17) is 5.73 Å². The Bertz CT molecular complexity index is 462. The molecular formula is C16H27Cl2N3O. The van der Waals surface area contributed by atoms with E-state index in [0.717, 1.165) is 24.1 Å². The summed E-state index contributed by atoms with van der Waals surface area (Å²) >= 11 is 0. The zero-order chi connectivity index (χ0) is 14.4. The third kappa shape index (κ3) is 5.75. The molecule has 1 heterocycles. The molecule has 1 aliphatic rings. The molecule has 22 heavy (non-hydrogen) atoms. The van der Waals surface area contributed by atoms with Crippen molar-refractivity contribution in [2.24, 2.45) is 11.1 Å². The van der Waals surface area contributed by atoms with Crippen molar-refractivity contribution >= 4 is 30.7 Å². The number of nitrogens with zero attached hydrogens (tertiary/aromatic N) is 1. The number of hydrogen-bond donors (Lipinski definition) is 2. The minimum atomic E-state index is 0. The molecule has 0 bridgehead atoms. The lowest BCUT2D eigenvalue weighted by Crippen LogP contribution is -2.38. The second-order valence-electron chi connectivity index (χ2n) is 5.99. The number of amides is 1. The molecule has 2 rings (SSSR count). The molecule has 1 aromatic heterocycles. The van der Waals surface area contributed by atoms with E-state index in [0.29, 0.717) is 19.5 Å². The largest absolute Gasteiger partial charge is 0.350 e. The molecule has 0 unspecified atom stereocenters. The highest BCUT2D eigenvalue weighted by molar-refractivity contribution is 5.85. The Balaban J connectivity index is 0.00000220. The van der Waals surface area contributed by atoms with Crippen LogP contribution in [0.3, 0.4) is 0 Å². The fraction of sp³-hybridized carbons (Fsp3) is 0.625. The molecule has 0 aromatic carbocycles. The van der Waals surface area contributed by atoms with Crippen LogP contribution in [0.15, 0.2) is 18.3 Å². The van der Waals surface area contributed by atoms with Gasteiger partial charge in [0.2, 0.25) is 5.91 Å². The number of halogens is 2. The van der Waals surface area contributed by atoms with Crippen LogP contribution in [-0.4, -0.2) is 17.4 Å². The maximum Gasteiger partial charge on any atom is 0.220 e. The SMILES string of the molecule is Cc1cccnc1CNC(=O)CC1(CN)CCCCC1.Cl.Cl. The number of nitrogens with one attached hydrogen (secondary N) is 1. The number of carbonyl (C=O) groups is 1. The van der Waals surface area contributed by atoms with Gasteiger partial charge in [-0.2, -0.15) is 0 Å². The number of rotatable bonds is 5. The van der Waals surface area contributed by atoms with E-state index in [9.17, 15) is 4.79 Å². The van der Waals surface area contributed by atoms with Gasteiger partial charge in [0.1, 0.15) is 0 Å². The minimum Gasteiger partial charge on any atom is -0.350 e. The van der Waals surface area contributed by atoms with Crippen LogP contribution in [-0.2, 0) is 11.3 Å². The van der Waals surface area contributed by atoms with E-state index in [2.05, 4.69) is 10.3 Å². The molecule has 4 nitrogen and oxygen atoms in total. The molecule has 1 fully saturated rings. The van der Waals surface area contributed by atoms with E-state index in [-0.39, 0.29) is 36.1 Å². The van der Waals surface area contributed by atoms with Crippen molar-refractivity contribution in [3.05, 3.63) is 29.6 Å². The first-order valence-corrected chi connectivity index (χ1v) is 7.52. The first kappa shape index (κ1) is 21.2. The monoisotopic (exact) mass is 347 g/mol. The molecular weight excluding hydrogens is 321 g/mol. The molecule has 0 radical (unpaired) electrons. The van der Waals surface area contributed by atoms with Crippen LogP contribution >= 0.6 is 24.8 Å². The van der Waals surface area contributed by atoms with Gasteiger partial charge in [0.05, 0.1) is 12.2 Å². The first-order chi connectivity index (χ1) is 9.65. The number of nitrogens with two attached hydrogens (primary N) is 1. The van der Waals surface area contributed by atoms with Crippen molar-refractivity contribution < 1.29 is 4.79 Å². The number of pyridine rings is 1. The van der Waals surface area contributed by atoms with Gasteiger partial charge in [0.25, 0.3) is 0 Å². The average molecular weight is 348 g/mol. The minimum absolute atomic E-state index is 0. The fourth-order valence-corrected chi connectivity index (χ4v) is 3.04. The van der Waals surface area contributed by atoms with Crippen molar-refractivity contribution in [3.63, 3.8) is 0 Å². The van der Waals surface area contributed by atoms with Crippen molar-refractivity contribution in [2.75, 3.05) is 6.54 Å². The van der Waals surface area contributed by atoms with Gasteiger partial charge in [0, 0.05) is 12.6 Å². The summed E-state index contributed by atoms with van der Waals surface area (Å²) in [5, 5.41) is 2.99. The second-order valence-corrected chi connectivity index (χ2v) is 5.99. The summed E-state index contributed by atoms with van der Waals surface area (Å²) in [5.74, 6) is 0.0994. The molecule has 0 spiro atoms. The summed E-state index contributed by atoms with van der Waals surface area (Å²) in [5.41, 5.74) is 8.00. The molecule has 1 aromatic rings. The zero-order valence-electron chi connectivity index (χ0n) is 13.1. The quantitative estimate of drug-likeness (QED) is 0.859. The first-order valence-electron chi connectivity index (χ1n) is 7.52. The zero-order valence-corrected chi connectivity index (χ0v) is 14.8. The average Bonchev–Trinajstić information content (AvgIpc) is 2.47. The Morgan fingerprint density at radius 1 is 1.32 bits per heavy atom. The summed E-state index contributed by atoms with van der Waals surface area (Å²) in [6, 6.07) is 3.92. The standard InChI is InChI=1S/C16H25N3O.2ClH/c1-13-6-5-9-18-14(13)11-19-15(20)10-16(12-17)7-3-2-4-8-16;;/h5-6,9H,2-4,7-8,10-12,17H2,1H3,(H,19,20);2*1H. The Kier molecular flexibility index (Phi) is 9.65. The highest BCUT2D eigenvalue weighted by Gasteiger charge is 2.32. The Hall–Kier alpha value is -0.840. The maximum absolute atomic E-state index is 12.2. The van der Waals surface area contributed by atoms with E-state index < -0.39 is 0 Å². The van der Waals surface area contributed by atoms with Crippen LogP contribution in [0.5, 0.6) is 0 Å². The van der Waals surface area contributed by atoms with Crippen LogP contribution in [0.2, 0.25) is 0 Å². The second kappa shape index (κ2) is 10.0. The van der Waals surface area contributed by atoms with Crippen molar-refractivity contribution in [1.29, 1.82) is 0 Å².